The molecule has 0 fully saturated rings. The first-order chi connectivity index (χ1) is 16.2. The Labute approximate surface area is 209 Å². The van der Waals surface area contributed by atoms with Gasteiger partial charge in [-0.15, -0.1) is 0 Å². The number of aliphatic hydroxyl groups is 1. The summed E-state index contributed by atoms with van der Waals surface area (Å²) >= 11 is 1.79. The lowest BCUT2D eigenvalue weighted by Gasteiger charge is -2.10. The highest BCUT2D eigenvalue weighted by atomic mass is 32.2. The van der Waals surface area contributed by atoms with E-state index in [1.165, 1.54) is 45.7 Å². The van der Waals surface area contributed by atoms with Gasteiger partial charge in [0.1, 0.15) is 20.4 Å². The van der Waals surface area contributed by atoms with E-state index in [0.29, 0.717) is 0 Å². The van der Waals surface area contributed by atoms with Crippen molar-refractivity contribution in [2.45, 2.75) is 47.0 Å². The second-order valence-electron chi connectivity index (χ2n) is 6.96. The number of rotatable bonds is 4. The van der Waals surface area contributed by atoms with E-state index in [9.17, 15) is 13.2 Å². The molecule has 1 aliphatic rings. The number of alkyl halides is 2. The number of benzene rings is 2. The van der Waals surface area contributed by atoms with Gasteiger partial charge < -0.3 is 15.2 Å². The Hall–Kier alpha value is -2.16. The van der Waals surface area contributed by atoms with Gasteiger partial charge in [0.15, 0.2) is 0 Å². The summed E-state index contributed by atoms with van der Waals surface area (Å²) in [7, 11) is 8.59. The molecule has 2 radical (unpaired) electrons. The van der Waals surface area contributed by atoms with Crippen LogP contribution in [0.3, 0.4) is 0 Å². The molecule has 0 amide bonds. The van der Waals surface area contributed by atoms with E-state index in [4.69, 9.17) is 13.0 Å². The van der Waals surface area contributed by atoms with E-state index in [-0.39, 0.29) is 30.7 Å². The molecule has 3 nitrogen and oxygen atoms in total. The standard InChI is InChI=1S/C14H15FS.C8H8BF2NO.C2H6O.C2H6.H2/c1-10-4-3-5-11(2)16-14(10)12-6-8-13(15)9-7-12;9-5-1-2-7(12-4-13)6(3-5)8(10)11;1-3-2;1-2;/h5-9H,3-4H2,1-2H3;1-3,8,12-13H,4H2;1-2H3;1-2H3;1H. The molecular formula is C26H37BF3NO2S. The number of hydrogen-bond donors (Lipinski definition) is 2. The molecule has 3 rings (SSSR count). The molecule has 1 heterocycles. The molecule has 0 unspecified atom stereocenters. The average Bonchev–Trinajstić information content (AvgIpc) is 2.98. The van der Waals surface area contributed by atoms with Crippen LogP contribution < -0.4 is 10.8 Å². The number of thioether (sulfide) groups is 1. The second kappa shape index (κ2) is 18.2. The topological polar surface area (TPSA) is 41.5 Å². The largest absolute Gasteiger partial charge is 0.388 e. The highest BCUT2D eigenvalue weighted by molar-refractivity contribution is 8.11. The first-order valence-electron chi connectivity index (χ1n) is 11.0. The monoisotopic (exact) mass is 495 g/mol. The minimum absolute atomic E-state index is 0. The van der Waals surface area contributed by atoms with Crippen molar-refractivity contribution in [1.82, 2.24) is 0 Å². The van der Waals surface area contributed by atoms with E-state index in [1.54, 1.807) is 26.0 Å². The van der Waals surface area contributed by atoms with Crippen molar-refractivity contribution in [2.24, 2.45) is 0 Å². The summed E-state index contributed by atoms with van der Waals surface area (Å²) in [5, 5.41) is 10.9. The molecule has 1 aliphatic heterocycles. The van der Waals surface area contributed by atoms with E-state index in [2.05, 4.69) is 30.0 Å². The fourth-order valence-electron chi connectivity index (χ4n) is 2.81. The quantitative estimate of drug-likeness (QED) is 0.345. The first kappa shape index (κ1) is 31.8. The molecule has 188 valence electrons. The predicted molar refractivity (Wildman–Crippen MR) is 143 cm³/mol. The summed E-state index contributed by atoms with van der Waals surface area (Å²) in [6.45, 7) is 7.91. The van der Waals surface area contributed by atoms with Crippen molar-refractivity contribution >= 4 is 35.7 Å². The minimum atomic E-state index is -2.60. The van der Waals surface area contributed by atoms with Crippen LogP contribution in [-0.4, -0.2) is 33.9 Å². The Morgan fingerprint density at radius 3 is 2.24 bits per heavy atom. The van der Waals surface area contributed by atoms with Crippen LogP contribution in [0.1, 0.15) is 59.5 Å². The number of aliphatic hydroxyl groups excluding tert-OH is 1. The van der Waals surface area contributed by atoms with Crippen LogP contribution in [0.25, 0.3) is 4.91 Å². The van der Waals surface area contributed by atoms with Crippen LogP contribution in [0, 0.1) is 5.82 Å². The van der Waals surface area contributed by atoms with Gasteiger partial charge in [-0.25, -0.2) is 13.2 Å². The normalized spacial score (nSPS) is 12.7. The number of hydrogen-bond acceptors (Lipinski definition) is 4. The van der Waals surface area contributed by atoms with Gasteiger partial charge in [0.2, 0.25) is 0 Å². The van der Waals surface area contributed by atoms with Gasteiger partial charge in [0.25, 0.3) is 6.43 Å². The summed E-state index contributed by atoms with van der Waals surface area (Å²) in [5.41, 5.74) is 2.79. The van der Waals surface area contributed by atoms with Crippen molar-refractivity contribution in [2.75, 3.05) is 26.3 Å². The molecule has 0 aromatic heterocycles. The highest BCUT2D eigenvalue weighted by Crippen LogP contribution is 2.39. The Balaban J connectivity index is 0. The van der Waals surface area contributed by atoms with Gasteiger partial charge in [-0.1, -0.05) is 67.0 Å². The van der Waals surface area contributed by atoms with E-state index in [0.717, 1.165) is 18.4 Å². The van der Waals surface area contributed by atoms with Gasteiger partial charge in [0, 0.05) is 31.8 Å². The molecule has 0 saturated carbocycles. The molecule has 8 heteroatoms. The van der Waals surface area contributed by atoms with Crippen molar-refractivity contribution < 1.29 is 24.4 Å². The maximum atomic E-state index is 12.9. The summed E-state index contributed by atoms with van der Waals surface area (Å²) < 4.78 is 41.8. The third-order valence-corrected chi connectivity index (χ3v) is 5.57. The molecule has 0 atom stereocenters. The molecule has 0 spiro atoms. The molecule has 34 heavy (non-hydrogen) atoms. The summed E-state index contributed by atoms with van der Waals surface area (Å²) in [4.78, 5) is 2.61. The Bertz CT molecular complexity index is 910. The van der Waals surface area contributed by atoms with Crippen LogP contribution >= 0.6 is 11.8 Å². The molecule has 0 bridgehead atoms. The predicted octanol–water partition coefficient (Wildman–Crippen LogP) is 7.30. The Morgan fingerprint density at radius 2 is 1.71 bits per heavy atom. The maximum Gasteiger partial charge on any atom is 0.265 e. The zero-order valence-corrected chi connectivity index (χ0v) is 21.6. The summed E-state index contributed by atoms with van der Waals surface area (Å²) in [5.74, 6) is -0.173. The van der Waals surface area contributed by atoms with Gasteiger partial charge in [-0.3, -0.25) is 0 Å². The average molecular weight is 495 g/mol. The molecule has 2 aromatic rings. The van der Waals surface area contributed by atoms with Gasteiger partial charge in [-0.2, -0.15) is 0 Å². The van der Waals surface area contributed by atoms with Crippen LogP contribution in [0.2, 0.25) is 0 Å². The molecular weight excluding hydrogens is 458 g/mol. The Kier molecular flexibility index (Phi) is 17.1. The van der Waals surface area contributed by atoms with Gasteiger partial charge >= 0.3 is 0 Å². The third kappa shape index (κ3) is 11.8. The number of halogens is 3. The molecule has 0 saturated heterocycles. The highest BCUT2D eigenvalue weighted by Gasteiger charge is 2.12. The zero-order valence-electron chi connectivity index (χ0n) is 20.8. The summed E-state index contributed by atoms with van der Waals surface area (Å²) in [6.07, 6.45) is 1.87. The van der Waals surface area contributed by atoms with Crippen molar-refractivity contribution in [3.8, 4) is 0 Å². The lowest BCUT2D eigenvalue weighted by molar-refractivity contribution is 0.152. The number of anilines is 1. The Morgan fingerprint density at radius 1 is 1.12 bits per heavy atom. The SMILES string of the molecule is CC.CC1=CCCC(C)=C(c2ccc(F)cc2)S1.COC.[B]c1ccc(NCO)c(C(F)F)c1.[HH]. The second-order valence-corrected chi connectivity index (χ2v) is 8.22. The van der Waals surface area contributed by atoms with E-state index in [1.807, 2.05) is 26.0 Å². The maximum absolute atomic E-state index is 12.9. The van der Waals surface area contributed by atoms with Gasteiger partial charge in [0.05, 0.1) is 0 Å². The fourth-order valence-corrected chi connectivity index (χ4v) is 3.86. The van der Waals surface area contributed by atoms with Crippen LogP contribution in [0.5, 0.6) is 0 Å². The first-order valence-corrected chi connectivity index (χ1v) is 11.8. The van der Waals surface area contributed by atoms with E-state index >= 15 is 0 Å². The third-order valence-electron chi connectivity index (χ3n) is 4.29. The number of methoxy groups -OCH3 is 1. The van der Waals surface area contributed by atoms with Crippen LogP contribution in [0.15, 0.2) is 59.0 Å². The van der Waals surface area contributed by atoms with Crippen molar-refractivity contribution in [1.29, 1.82) is 0 Å². The van der Waals surface area contributed by atoms with Crippen LogP contribution in [0.4, 0.5) is 18.9 Å². The van der Waals surface area contributed by atoms with Crippen molar-refractivity contribution in [3.63, 3.8) is 0 Å². The number of nitrogens with one attached hydrogen (secondary N) is 1. The van der Waals surface area contributed by atoms with Crippen LogP contribution in [-0.2, 0) is 4.74 Å². The summed E-state index contributed by atoms with van der Waals surface area (Å²) in [6, 6.07) is 10.9. The molecule has 2 aromatic carbocycles. The lowest BCUT2D eigenvalue weighted by Crippen LogP contribution is -2.09. The minimum Gasteiger partial charge on any atom is -0.388 e. The van der Waals surface area contributed by atoms with Crippen molar-refractivity contribution in [3.05, 3.63) is 76.0 Å². The number of allylic oxidation sites excluding steroid dienone is 3. The number of ether oxygens (including phenoxy) is 1. The molecule has 0 aliphatic carbocycles. The zero-order chi connectivity index (χ0) is 26.1. The fraction of sp³-hybridized carbons (Fsp3) is 0.385. The molecule has 2 N–H and O–H groups in total. The van der Waals surface area contributed by atoms with E-state index < -0.39 is 6.43 Å². The lowest BCUT2D eigenvalue weighted by atomic mass is 9.94. The van der Waals surface area contributed by atoms with Gasteiger partial charge in [-0.05, 0) is 55.4 Å². The smallest absolute Gasteiger partial charge is 0.265 e.